The van der Waals surface area contributed by atoms with E-state index in [0.717, 1.165) is 6.07 Å². The van der Waals surface area contributed by atoms with Crippen LogP contribution in [0.2, 0.25) is 0 Å². The summed E-state index contributed by atoms with van der Waals surface area (Å²) < 4.78 is 20.7. The molecule has 0 fully saturated rings. The average molecular weight is 315 g/mol. The van der Waals surface area contributed by atoms with E-state index in [2.05, 4.69) is 10.2 Å². The van der Waals surface area contributed by atoms with Crippen molar-refractivity contribution in [2.45, 2.75) is 12.4 Å². The monoisotopic (exact) mass is 314 g/mol. The number of benzene rings is 1. The first kappa shape index (κ1) is 15.3. The Kier molecular flexibility index (Phi) is 4.81. The number of nitrogens with zero attached hydrogens (tertiary/aromatic N) is 4. The third-order valence-corrected chi connectivity index (χ3v) is 3.11. The van der Waals surface area contributed by atoms with Crippen molar-refractivity contribution in [3.63, 3.8) is 0 Å². The highest BCUT2D eigenvalue weighted by atomic mass is 35.5. The summed E-state index contributed by atoms with van der Waals surface area (Å²) in [5, 5.41) is 18.4. The van der Waals surface area contributed by atoms with Crippen LogP contribution in [0.3, 0.4) is 0 Å². The molecule has 21 heavy (non-hydrogen) atoms. The van der Waals surface area contributed by atoms with Crippen LogP contribution in [-0.4, -0.2) is 33.4 Å². The Morgan fingerprint density at radius 1 is 1.48 bits per heavy atom. The number of ether oxygens (including phenoxy) is 1. The van der Waals surface area contributed by atoms with Crippen LogP contribution in [0, 0.1) is 15.9 Å². The van der Waals surface area contributed by atoms with Gasteiger partial charge in [-0.15, -0.1) is 21.8 Å². The lowest BCUT2D eigenvalue weighted by Gasteiger charge is -2.09. The van der Waals surface area contributed by atoms with E-state index >= 15 is 0 Å². The summed E-state index contributed by atoms with van der Waals surface area (Å²) in [5.41, 5.74) is -0.197. The molecule has 0 unspecified atom stereocenters. The van der Waals surface area contributed by atoms with Crippen LogP contribution in [0.15, 0.2) is 18.2 Å². The summed E-state index contributed by atoms with van der Waals surface area (Å²) in [7, 11) is 1.54. The number of hydrogen-bond acceptors (Lipinski definition) is 5. The van der Waals surface area contributed by atoms with Crippen LogP contribution >= 0.6 is 11.6 Å². The van der Waals surface area contributed by atoms with Crippen molar-refractivity contribution in [1.82, 2.24) is 14.8 Å². The van der Waals surface area contributed by atoms with Crippen molar-refractivity contribution < 1.29 is 14.1 Å². The maximum absolute atomic E-state index is 14.1. The molecule has 0 radical (unpaired) electrons. The van der Waals surface area contributed by atoms with Gasteiger partial charge in [0.15, 0.2) is 5.82 Å². The Bertz CT molecular complexity index is 662. The molecule has 0 atom stereocenters. The van der Waals surface area contributed by atoms with E-state index in [0.29, 0.717) is 19.0 Å². The van der Waals surface area contributed by atoms with Gasteiger partial charge in [-0.3, -0.25) is 10.1 Å². The first-order chi connectivity index (χ1) is 10.1. The molecule has 9 heteroatoms. The summed E-state index contributed by atoms with van der Waals surface area (Å²) in [6, 6.07) is 3.37. The fourth-order valence-electron chi connectivity index (χ4n) is 1.85. The molecule has 112 valence electrons. The minimum atomic E-state index is -0.739. The van der Waals surface area contributed by atoms with E-state index in [4.69, 9.17) is 16.3 Å². The summed E-state index contributed by atoms with van der Waals surface area (Å²) in [4.78, 5) is 9.97. The van der Waals surface area contributed by atoms with Crippen molar-refractivity contribution >= 4 is 17.3 Å². The largest absolute Gasteiger partial charge is 0.383 e. The lowest BCUT2D eigenvalue weighted by molar-refractivity contribution is -0.385. The second-order valence-electron chi connectivity index (χ2n) is 4.14. The van der Waals surface area contributed by atoms with Crippen molar-refractivity contribution in [1.29, 1.82) is 0 Å². The molecule has 0 saturated carbocycles. The van der Waals surface area contributed by atoms with E-state index in [1.54, 1.807) is 4.57 Å². The maximum Gasteiger partial charge on any atom is 0.272 e. The number of methoxy groups -OCH3 is 1. The number of aromatic nitrogens is 3. The fourth-order valence-corrected chi connectivity index (χ4v) is 2.05. The van der Waals surface area contributed by atoms with Crippen LogP contribution < -0.4 is 0 Å². The zero-order valence-electron chi connectivity index (χ0n) is 11.1. The number of nitro benzene ring substituents is 1. The Morgan fingerprint density at radius 3 is 2.81 bits per heavy atom. The quantitative estimate of drug-likeness (QED) is 0.464. The number of rotatable bonds is 6. The topological polar surface area (TPSA) is 83.1 Å². The zero-order valence-corrected chi connectivity index (χ0v) is 11.9. The first-order valence-electron chi connectivity index (χ1n) is 5.99. The Hall–Kier alpha value is -2.06. The molecule has 1 heterocycles. The first-order valence-corrected chi connectivity index (χ1v) is 6.53. The lowest BCUT2D eigenvalue weighted by Crippen LogP contribution is -2.09. The highest BCUT2D eigenvalue weighted by Gasteiger charge is 2.18. The number of alkyl halides is 1. The third kappa shape index (κ3) is 3.17. The van der Waals surface area contributed by atoms with Crippen molar-refractivity contribution in [3.8, 4) is 11.4 Å². The van der Waals surface area contributed by atoms with Gasteiger partial charge in [-0.2, -0.15) is 0 Å². The van der Waals surface area contributed by atoms with Crippen LogP contribution in [0.4, 0.5) is 10.1 Å². The van der Waals surface area contributed by atoms with Crippen molar-refractivity contribution in [2.75, 3.05) is 13.7 Å². The predicted octanol–water partition coefficient (Wildman–Crippen LogP) is 2.38. The van der Waals surface area contributed by atoms with Crippen LogP contribution in [0.1, 0.15) is 5.82 Å². The Labute approximate surface area is 124 Å². The summed E-state index contributed by atoms with van der Waals surface area (Å²) in [6.45, 7) is 0.779. The van der Waals surface area contributed by atoms with Gasteiger partial charge >= 0.3 is 0 Å². The number of hydrogen-bond donors (Lipinski definition) is 0. The van der Waals surface area contributed by atoms with Crippen molar-refractivity contribution in [3.05, 3.63) is 40.0 Å². The summed E-state index contributed by atoms with van der Waals surface area (Å²) >= 11 is 5.77. The van der Waals surface area contributed by atoms with Crippen molar-refractivity contribution in [2.24, 2.45) is 0 Å². The van der Waals surface area contributed by atoms with E-state index < -0.39 is 10.7 Å². The van der Waals surface area contributed by atoms with E-state index in [1.165, 1.54) is 19.2 Å². The molecule has 0 aliphatic heterocycles. The number of halogens is 2. The highest BCUT2D eigenvalue weighted by molar-refractivity contribution is 6.16. The van der Waals surface area contributed by atoms with Gasteiger partial charge in [0.05, 0.1) is 29.0 Å². The molecule has 0 saturated heterocycles. The minimum Gasteiger partial charge on any atom is -0.383 e. The normalized spacial score (nSPS) is 10.8. The molecule has 7 nitrogen and oxygen atoms in total. The standard InChI is InChI=1S/C12H12ClFN4O3/c1-21-5-4-17-11(7-13)15-16-12(17)9-3-2-8(18(19)20)6-10(9)14/h2-3,6H,4-5,7H2,1H3. The molecule has 2 aromatic rings. The molecule has 2 rings (SSSR count). The predicted molar refractivity (Wildman–Crippen MR) is 73.5 cm³/mol. The Balaban J connectivity index is 2.46. The van der Waals surface area contributed by atoms with Gasteiger partial charge in [0.1, 0.15) is 11.6 Å². The molecular weight excluding hydrogens is 303 g/mol. The van der Waals surface area contributed by atoms with Gasteiger partial charge in [0.25, 0.3) is 5.69 Å². The van der Waals surface area contributed by atoms with Crippen LogP contribution in [0.25, 0.3) is 11.4 Å². The SMILES string of the molecule is COCCn1c(CCl)nnc1-c1ccc([N+](=O)[O-])cc1F. The molecule has 0 amide bonds. The smallest absolute Gasteiger partial charge is 0.272 e. The van der Waals surface area contributed by atoms with E-state index in [1.807, 2.05) is 0 Å². The van der Waals surface area contributed by atoms with Crippen LogP contribution in [-0.2, 0) is 17.2 Å². The fraction of sp³-hybridized carbons (Fsp3) is 0.333. The van der Waals surface area contributed by atoms with Gasteiger partial charge in [-0.1, -0.05) is 0 Å². The highest BCUT2D eigenvalue weighted by Crippen LogP contribution is 2.25. The van der Waals surface area contributed by atoms with E-state index in [-0.39, 0.29) is 23.0 Å². The minimum absolute atomic E-state index is 0.116. The summed E-state index contributed by atoms with van der Waals surface area (Å²) in [6.07, 6.45) is 0. The molecule has 0 N–H and O–H groups in total. The van der Waals surface area contributed by atoms with E-state index in [9.17, 15) is 14.5 Å². The third-order valence-electron chi connectivity index (χ3n) is 2.87. The molecule has 0 aliphatic carbocycles. The number of nitro groups is 1. The average Bonchev–Trinajstić information content (AvgIpc) is 2.87. The van der Waals surface area contributed by atoms with Gasteiger partial charge in [-0.25, -0.2) is 4.39 Å². The Morgan fingerprint density at radius 2 is 2.24 bits per heavy atom. The molecular formula is C12H12ClFN4O3. The molecule has 0 bridgehead atoms. The summed E-state index contributed by atoms with van der Waals surface area (Å²) in [5.74, 6) is 0.110. The number of non-ortho nitro benzene ring substituents is 1. The van der Waals surface area contributed by atoms with Gasteiger partial charge < -0.3 is 9.30 Å². The zero-order chi connectivity index (χ0) is 15.4. The molecule has 1 aromatic heterocycles. The van der Waals surface area contributed by atoms with Gasteiger partial charge in [0.2, 0.25) is 0 Å². The van der Waals surface area contributed by atoms with Crippen LogP contribution in [0.5, 0.6) is 0 Å². The molecule has 0 spiro atoms. The maximum atomic E-state index is 14.1. The second-order valence-corrected chi connectivity index (χ2v) is 4.41. The van der Waals surface area contributed by atoms with Gasteiger partial charge in [0, 0.05) is 19.7 Å². The molecule has 1 aromatic carbocycles. The second kappa shape index (κ2) is 6.59. The molecule has 0 aliphatic rings. The lowest BCUT2D eigenvalue weighted by atomic mass is 10.2. The van der Waals surface area contributed by atoms with Gasteiger partial charge in [-0.05, 0) is 6.07 Å².